The molecule has 1 amide bonds. The van der Waals surface area contributed by atoms with E-state index >= 15 is 0 Å². The van der Waals surface area contributed by atoms with Crippen molar-refractivity contribution in [3.63, 3.8) is 0 Å². The zero-order chi connectivity index (χ0) is 21.7. The fourth-order valence-corrected chi connectivity index (χ4v) is 4.44. The van der Waals surface area contributed by atoms with E-state index in [1.165, 1.54) is 18.2 Å². The average Bonchev–Trinajstić information content (AvgIpc) is 3.20. The first-order chi connectivity index (χ1) is 14.4. The van der Waals surface area contributed by atoms with Crippen LogP contribution in [-0.4, -0.2) is 52.5 Å². The number of nitrogens with one attached hydrogen (secondary N) is 1. The summed E-state index contributed by atoms with van der Waals surface area (Å²) in [7, 11) is 0. The van der Waals surface area contributed by atoms with Crippen molar-refractivity contribution in [2.45, 2.75) is 35.6 Å². The van der Waals surface area contributed by atoms with Gasteiger partial charge in [0.05, 0.1) is 15.4 Å². The molecule has 1 unspecified atom stereocenters. The second kappa shape index (κ2) is 11.1. The van der Waals surface area contributed by atoms with Gasteiger partial charge in [-0.1, -0.05) is 18.7 Å². The highest BCUT2D eigenvalue weighted by molar-refractivity contribution is 7.99. The summed E-state index contributed by atoms with van der Waals surface area (Å²) >= 11 is 1.15. The SMILES string of the molecule is CCN1CCCC1CNC(=O)c1ccc(Sc2ccc(C(=O)O)cc2)c([N+](=O)[O-])c1.Cl. The average molecular weight is 466 g/mol. The number of nitro groups is 1. The van der Waals surface area contributed by atoms with Gasteiger partial charge in [-0.2, -0.15) is 0 Å². The fourth-order valence-electron chi connectivity index (χ4n) is 3.54. The van der Waals surface area contributed by atoms with E-state index in [2.05, 4.69) is 17.1 Å². The fraction of sp³-hybridized carbons (Fsp3) is 0.333. The highest BCUT2D eigenvalue weighted by Crippen LogP contribution is 2.35. The zero-order valence-corrected chi connectivity index (χ0v) is 18.6. The van der Waals surface area contributed by atoms with Gasteiger partial charge in [0.1, 0.15) is 0 Å². The number of hydrogen-bond acceptors (Lipinski definition) is 6. The molecule has 1 aliphatic heterocycles. The molecule has 31 heavy (non-hydrogen) atoms. The van der Waals surface area contributed by atoms with E-state index < -0.39 is 10.9 Å². The molecule has 1 fully saturated rings. The Hall–Kier alpha value is -2.62. The Labute approximate surface area is 190 Å². The summed E-state index contributed by atoms with van der Waals surface area (Å²) in [5.41, 5.74) is 0.226. The molecule has 0 spiro atoms. The number of likely N-dealkylation sites (tertiary alicyclic amines) is 1. The first kappa shape index (κ1) is 24.6. The van der Waals surface area contributed by atoms with Crippen molar-refractivity contribution in [2.24, 2.45) is 0 Å². The minimum Gasteiger partial charge on any atom is -0.478 e. The van der Waals surface area contributed by atoms with Crippen LogP contribution < -0.4 is 5.32 Å². The molecule has 0 bridgehead atoms. The van der Waals surface area contributed by atoms with Gasteiger partial charge in [-0.05, 0) is 62.3 Å². The molecule has 166 valence electrons. The van der Waals surface area contributed by atoms with Gasteiger partial charge >= 0.3 is 5.97 Å². The van der Waals surface area contributed by atoms with Crippen LogP contribution in [0.5, 0.6) is 0 Å². The van der Waals surface area contributed by atoms with Crippen LogP contribution in [0, 0.1) is 10.1 Å². The second-order valence-corrected chi connectivity index (χ2v) is 8.12. The van der Waals surface area contributed by atoms with Crippen LogP contribution in [0.4, 0.5) is 5.69 Å². The lowest BCUT2D eigenvalue weighted by molar-refractivity contribution is -0.387. The largest absolute Gasteiger partial charge is 0.478 e. The summed E-state index contributed by atoms with van der Waals surface area (Å²) < 4.78 is 0. The number of halogens is 1. The number of amides is 1. The van der Waals surface area contributed by atoms with Crippen molar-refractivity contribution >= 4 is 41.7 Å². The number of benzene rings is 2. The second-order valence-electron chi connectivity index (χ2n) is 7.01. The molecule has 1 heterocycles. The van der Waals surface area contributed by atoms with Gasteiger partial charge in [-0.25, -0.2) is 4.79 Å². The van der Waals surface area contributed by atoms with Crippen molar-refractivity contribution in [2.75, 3.05) is 19.6 Å². The van der Waals surface area contributed by atoms with Crippen LogP contribution in [0.1, 0.15) is 40.5 Å². The van der Waals surface area contributed by atoms with Crippen LogP contribution in [0.2, 0.25) is 0 Å². The van der Waals surface area contributed by atoms with Crippen LogP contribution in [0.15, 0.2) is 52.3 Å². The maximum Gasteiger partial charge on any atom is 0.335 e. The molecule has 10 heteroatoms. The van der Waals surface area contributed by atoms with Gasteiger partial charge in [0.15, 0.2) is 0 Å². The number of carboxylic acids is 1. The lowest BCUT2D eigenvalue weighted by Gasteiger charge is -2.22. The summed E-state index contributed by atoms with van der Waals surface area (Å²) in [4.78, 5) is 37.9. The maximum absolute atomic E-state index is 12.5. The Morgan fingerprint density at radius 1 is 1.23 bits per heavy atom. The van der Waals surface area contributed by atoms with Crippen molar-refractivity contribution in [3.8, 4) is 0 Å². The van der Waals surface area contributed by atoms with Gasteiger partial charge in [0, 0.05) is 29.1 Å². The number of likely N-dealkylation sites (N-methyl/N-ethyl adjacent to an activating group) is 1. The van der Waals surface area contributed by atoms with Gasteiger partial charge < -0.3 is 10.4 Å². The molecule has 1 atom stereocenters. The summed E-state index contributed by atoms with van der Waals surface area (Å²) in [6, 6.07) is 10.8. The number of carboxylic acid groups (broad SMARTS) is 1. The smallest absolute Gasteiger partial charge is 0.335 e. The summed E-state index contributed by atoms with van der Waals surface area (Å²) in [6.07, 6.45) is 2.14. The lowest BCUT2D eigenvalue weighted by atomic mass is 10.1. The van der Waals surface area contributed by atoms with Crippen LogP contribution in [-0.2, 0) is 0 Å². The molecule has 0 aromatic heterocycles. The molecule has 2 aromatic carbocycles. The van der Waals surface area contributed by atoms with Crippen LogP contribution in [0.3, 0.4) is 0 Å². The van der Waals surface area contributed by atoms with Crippen molar-refractivity contribution in [1.29, 1.82) is 0 Å². The summed E-state index contributed by atoms with van der Waals surface area (Å²) in [5, 5.41) is 23.4. The molecular formula is C21H24ClN3O5S. The minimum atomic E-state index is -1.03. The quantitative estimate of drug-likeness (QED) is 0.446. The third-order valence-electron chi connectivity index (χ3n) is 5.15. The number of hydrogen-bond donors (Lipinski definition) is 2. The van der Waals surface area contributed by atoms with E-state index in [0.29, 0.717) is 22.4 Å². The van der Waals surface area contributed by atoms with E-state index in [-0.39, 0.29) is 35.1 Å². The Balaban J connectivity index is 0.00000341. The highest BCUT2D eigenvalue weighted by atomic mass is 35.5. The van der Waals surface area contributed by atoms with Crippen LogP contribution >= 0.6 is 24.2 Å². The zero-order valence-electron chi connectivity index (χ0n) is 16.9. The van der Waals surface area contributed by atoms with E-state index in [1.54, 1.807) is 24.3 Å². The predicted molar refractivity (Wildman–Crippen MR) is 120 cm³/mol. The van der Waals surface area contributed by atoms with Crippen LogP contribution in [0.25, 0.3) is 0 Å². The Morgan fingerprint density at radius 3 is 2.52 bits per heavy atom. The Morgan fingerprint density at radius 2 is 1.90 bits per heavy atom. The van der Waals surface area contributed by atoms with Crippen molar-refractivity contribution in [1.82, 2.24) is 10.2 Å². The van der Waals surface area contributed by atoms with Crippen molar-refractivity contribution < 1.29 is 19.6 Å². The van der Waals surface area contributed by atoms with Gasteiger partial charge in [0.25, 0.3) is 11.6 Å². The Kier molecular flexibility index (Phi) is 8.85. The van der Waals surface area contributed by atoms with Crippen molar-refractivity contribution in [3.05, 3.63) is 63.7 Å². The molecule has 0 saturated carbocycles. The number of nitro benzene ring substituents is 1. The lowest BCUT2D eigenvalue weighted by Crippen LogP contribution is -2.40. The summed E-state index contributed by atoms with van der Waals surface area (Å²) in [6.45, 7) is 4.58. The Bertz CT molecular complexity index is 955. The maximum atomic E-state index is 12.5. The molecule has 2 aromatic rings. The molecule has 0 radical (unpaired) electrons. The van der Waals surface area contributed by atoms with Gasteiger partial charge in [0.2, 0.25) is 0 Å². The number of rotatable bonds is 8. The molecule has 8 nitrogen and oxygen atoms in total. The first-order valence-electron chi connectivity index (χ1n) is 9.71. The van der Waals surface area contributed by atoms with E-state index in [1.807, 2.05) is 0 Å². The highest BCUT2D eigenvalue weighted by Gasteiger charge is 2.24. The number of carbonyl (C=O) groups is 2. The third kappa shape index (κ3) is 6.19. The molecule has 1 aliphatic rings. The number of carbonyl (C=O) groups excluding carboxylic acids is 1. The van der Waals surface area contributed by atoms with Gasteiger partial charge in [-0.15, -0.1) is 12.4 Å². The van der Waals surface area contributed by atoms with E-state index in [0.717, 1.165) is 37.7 Å². The molecule has 2 N–H and O–H groups in total. The first-order valence-corrected chi connectivity index (χ1v) is 10.5. The normalized spacial score (nSPS) is 15.8. The van der Waals surface area contributed by atoms with Gasteiger partial charge in [-0.3, -0.25) is 19.8 Å². The molecular weight excluding hydrogens is 442 g/mol. The molecule has 1 saturated heterocycles. The monoisotopic (exact) mass is 465 g/mol. The third-order valence-corrected chi connectivity index (χ3v) is 6.22. The minimum absolute atomic E-state index is 0. The summed E-state index contributed by atoms with van der Waals surface area (Å²) in [5.74, 6) is -1.36. The standard InChI is InChI=1S/C21H23N3O5S.ClH/c1-2-23-11-3-4-16(23)13-22-20(25)15-7-10-19(18(12-15)24(28)29)30-17-8-5-14(6-9-17)21(26)27;/h5-10,12,16H,2-4,11,13H2,1H3,(H,22,25)(H,26,27);1H. The number of nitrogens with zero attached hydrogens (tertiary/aromatic N) is 2. The van der Waals surface area contributed by atoms with E-state index in [9.17, 15) is 19.7 Å². The molecule has 0 aliphatic carbocycles. The predicted octanol–water partition coefficient (Wildman–Crippen LogP) is 4.08. The number of aromatic carboxylic acids is 1. The van der Waals surface area contributed by atoms with E-state index in [4.69, 9.17) is 5.11 Å². The topological polar surface area (TPSA) is 113 Å². The molecule has 3 rings (SSSR count).